The molecule has 1 heterocycles. The molecule has 3 atom stereocenters. The fourth-order valence-corrected chi connectivity index (χ4v) is 1.50. The van der Waals surface area contributed by atoms with Gasteiger partial charge in [0.15, 0.2) is 0 Å². The van der Waals surface area contributed by atoms with Gasteiger partial charge in [-0.1, -0.05) is 0 Å². The number of ether oxygens (including phenoxy) is 1. The van der Waals surface area contributed by atoms with Gasteiger partial charge in [0.1, 0.15) is 0 Å². The third-order valence-corrected chi connectivity index (χ3v) is 2.38. The van der Waals surface area contributed by atoms with Crippen molar-refractivity contribution in [3.8, 4) is 0 Å². The third-order valence-electron chi connectivity index (χ3n) is 2.38. The van der Waals surface area contributed by atoms with Crippen LogP contribution in [0.2, 0.25) is 0 Å². The molecule has 0 spiro atoms. The normalized spacial score (nSPS) is 30.1. The van der Waals surface area contributed by atoms with Crippen LogP contribution in [0.15, 0.2) is 0 Å². The van der Waals surface area contributed by atoms with E-state index in [0.29, 0.717) is 13.2 Å². The van der Waals surface area contributed by atoms with E-state index >= 15 is 0 Å². The maximum absolute atomic E-state index is 11.6. The topological polar surface area (TPSA) is 75.8 Å². The first-order chi connectivity index (χ1) is 6.56. The molecule has 0 aromatic rings. The van der Waals surface area contributed by atoms with Crippen LogP contribution in [0.5, 0.6) is 0 Å². The Labute approximate surface area is 83.8 Å². The highest BCUT2D eigenvalue weighted by Gasteiger charge is 2.30. The van der Waals surface area contributed by atoms with Crippen molar-refractivity contribution >= 4 is 5.91 Å². The van der Waals surface area contributed by atoms with Gasteiger partial charge in [-0.05, 0) is 13.8 Å². The summed E-state index contributed by atoms with van der Waals surface area (Å²) in [5.41, 5.74) is 5.52. The SMILES string of the molecule is CC(N)C(=O)N1CC(CO)OCC1C. The second-order valence-corrected chi connectivity index (χ2v) is 3.77. The number of morpholine rings is 1. The molecule has 5 nitrogen and oxygen atoms in total. The Morgan fingerprint density at radius 1 is 1.79 bits per heavy atom. The molecule has 0 aliphatic carbocycles. The fraction of sp³-hybridized carbons (Fsp3) is 0.889. The number of hydrogen-bond donors (Lipinski definition) is 2. The molecule has 0 aromatic heterocycles. The van der Waals surface area contributed by atoms with Crippen LogP contribution < -0.4 is 5.73 Å². The summed E-state index contributed by atoms with van der Waals surface area (Å²) in [6, 6.07) is -0.453. The van der Waals surface area contributed by atoms with Crippen LogP contribution in [0.25, 0.3) is 0 Å². The van der Waals surface area contributed by atoms with Gasteiger partial charge in [0.05, 0.1) is 31.4 Å². The lowest BCUT2D eigenvalue weighted by Crippen LogP contribution is -2.55. The minimum absolute atomic E-state index is 0.0382. The molecule has 1 amide bonds. The van der Waals surface area contributed by atoms with Gasteiger partial charge in [-0.15, -0.1) is 0 Å². The first-order valence-corrected chi connectivity index (χ1v) is 4.84. The van der Waals surface area contributed by atoms with Crippen molar-refractivity contribution in [2.75, 3.05) is 19.8 Å². The average molecular weight is 202 g/mol. The molecule has 1 aliphatic rings. The minimum atomic E-state index is -0.491. The predicted molar refractivity (Wildman–Crippen MR) is 51.7 cm³/mol. The van der Waals surface area contributed by atoms with Gasteiger partial charge in [0.2, 0.25) is 5.91 Å². The maximum Gasteiger partial charge on any atom is 0.239 e. The van der Waals surface area contributed by atoms with Crippen LogP contribution in [-0.4, -0.2) is 53.9 Å². The highest BCUT2D eigenvalue weighted by molar-refractivity contribution is 5.81. The molecule has 1 saturated heterocycles. The second-order valence-electron chi connectivity index (χ2n) is 3.77. The Hall–Kier alpha value is -0.650. The largest absolute Gasteiger partial charge is 0.394 e. The zero-order valence-corrected chi connectivity index (χ0v) is 8.64. The summed E-state index contributed by atoms with van der Waals surface area (Å²) in [7, 11) is 0. The number of aliphatic hydroxyl groups excluding tert-OH is 1. The molecule has 14 heavy (non-hydrogen) atoms. The lowest BCUT2D eigenvalue weighted by Gasteiger charge is -2.38. The first-order valence-electron chi connectivity index (χ1n) is 4.84. The zero-order chi connectivity index (χ0) is 10.7. The predicted octanol–water partition coefficient (Wildman–Crippen LogP) is -1.06. The van der Waals surface area contributed by atoms with Gasteiger partial charge in [0, 0.05) is 6.54 Å². The molecule has 0 saturated carbocycles. The number of amides is 1. The van der Waals surface area contributed by atoms with Crippen LogP contribution in [0.4, 0.5) is 0 Å². The standard InChI is InChI=1S/C9H18N2O3/c1-6-5-14-8(4-12)3-11(6)9(13)7(2)10/h6-8,12H,3-5,10H2,1-2H3. The van der Waals surface area contributed by atoms with E-state index in [9.17, 15) is 4.79 Å². The first kappa shape index (κ1) is 11.4. The van der Waals surface area contributed by atoms with Crippen molar-refractivity contribution in [1.82, 2.24) is 4.90 Å². The molecular formula is C9H18N2O3. The number of rotatable bonds is 2. The van der Waals surface area contributed by atoms with Gasteiger partial charge in [-0.3, -0.25) is 4.79 Å². The van der Waals surface area contributed by atoms with Crippen LogP contribution in [-0.2, 0) is 9.53 Å². The quantitative estimate of drug-likeness (QED) is 0.598. The molecule has 3 unspecified atom stereocenters. The molecule has 1 fully saturated rings. The monoisotopic (exact) mass is 202 g/mol. The van der Waals surface area contributed by atoms with Gasteiger partial charge in [0.25, 0.3) is 0 Å². The van der Waals surface area contributed by atoms with E-state index in [-0.39, 0.29) is 24.7 Å². The van der Waals surface area contributed by atoms with Crippen molar-refractivity contribution in [2.24, 2.45) is 5.73 Å². The maximum atomic E-state index is 11.6. The molecule has 0 radical (unpaired) electrons. The Kier molecular flexibility index (Phi) is 3.86. The van der Waals surface area contributed by atoms with E-state index in [4.69, 9.17) is 15.6 Å². The summed E-state index contributed by atoms with van der Waals surface area (Å²) in [5.74, 6) is -0.0840. The number of aliphatic hydroxyl groups is 1. The van der Waals surface area contributed by atoms with Crippen molar-refractivity contribution in [1.29, 1.82) is 0 Å². The van der Waals surface area contributed by atoms with E-state index in [2.05, 4.69) is 0 Å². The Morgan fingerprint density at radius 2 is 2.43 bits per heavy atom. The second kappa shape index (κ2) is 4.72. The smallest absolute Gasteiger partial charge is 0.239 e. The van der Waals surface area contributed by atoms with E-state index in [0.717, 1.165) is 0 Å². The van der Waals surface area contributed by atoms with Crippen molar-refractivity contribution in [2.45, 2.75) is 32.0 Å². The van der Waals surface area contributed by atoms with Crippen LogP contribution >= 0.6 is 0 Å². The number of nitrogens with zero attached hydrogens (tertiary/aromatic N) is 1. The Morgan fingerprint density at radius 3 is 2.93 bits per heavy atom. The van der Waals surface area contributed by atoms with Crippen molar-refractivity contribution in [3.05, 3.63) is 0 Å². The fourth-order valence-electron chi connectivity index (χ4n) is 1.50. The van der Waals surface area contributed by atoms with Gasteiger partial charge >= 0.3 is 0 Å². The molecule has 0 aromatic carbocycles. The molecule has 0 bridgehead atoms. The molecule has 5 heteroatoms. The van der Waals surface area contributed by atoms with Gasteiger partial charge in [-0.25, -0.2) is 0 Å². The minimum Gasteiger partial charge on any atom is -0.394 e. The number of nitrogens with two attached hydrogens (primary N) is 1. The number of hydrogen-bond acceptors (Lipinski definition) is 4. The van der Waals surface area contributed by atoms with Gasteiger partial charge < -0.3 is 20.5 Å². The van der Waals surface area contributed by atoms with Crippen LogP contribution in [0, 0.1) is 0 Å². The average Bonchev–Trinajstić information content (AvgIpc) is 2.17. The van der Waals surface area contributed by atoms with Gasteiger partial charge in [-0.2, -0.15) is 0 Å². The molecular weight excluding hydrogens is 184 g/mol. The summed E-state index contributed by atoms with van der Waals surface area (Å²) in [5, 5.41) is 8.92. The van der Waals surface area contributed by atoms with Crippen molar-refractivity contribution in [3.63, 3.8) is 0 Å². The highest BCUT2D eigenvalue weighted by Crippen LogP contribution is 2.12. The third kappa shape index (κ3) is 2.43. The van der Waals surface area contributed by atoms with Crippen molar-refractivity contribution < 1.29 is 14.6 Å². The highest BCUT2D eigenvalue weighted by atomic mass is 16.5. The molecule has 1 rings (SSSR count). The Balaban J connectivity index is 2.60. The Bertz CT molecular complexity index is 208. The molecule has 1 aliphatic heterocycles. The lowest BCUT2D eigenvalue weighted by molar-refractivity contribution is -0.147. The van der Waals surface area contributed by atoms with Crippen LogP contribution in [0.3, 0.4) is 0 Å². The lowest BCUT2D eigenvalue weighted by atomic mass is 10.1. The molecule has 82 valence electrons. The zero-order valence-electron chi connectivity index (χ0n) is 8.64. The summed E-state index contributed by atoms with van der Waals surface area (Å²) in [6.45, 7) is 4.41. The number of carbonyl (C=O) groups excluding carboxylic acids is 1. The summed E-state index contributed by atoms with van der Waals surface area (Å²) in [4.78, 5) is 13.3. The summed E-state index contributed by atoms with van der Waals surface area (Å²) >= 11 is 0. The molecule has 3 N–H and O–H groups in total. The number of carbonyl (C=O) groups is 1. The van der Waals surface area contributed by atoms with E-state index in [1.165, 1.54) is 0 Å². The van der Waals surface area contributed by atoms with E-state index in [1.54, 1.807) is 11.8 Å². The van der Waals surface area contributed by atoms with Crippen LogP contribution in [0.1, 0.15) is 13.8 Å². The van der Waals surface area contributed by atoms with E-state index in [1.807, 2.05) is 6.92 Å². The summed E-state index contributed by atoms with van der Waals surface area (Å²) < 4.78 is 5.31. The summed E-state index contributed by atoms with van der Waals surface area (Å²) in [6.07, 6.45) is -0.270. The van der Waals surface area contributed by atoms with E-state index < -0.39 is 6.04 Å².